The van der Waals surface area contributed by atoms with Crippen molar-refractivity contribution in [3.8, 4) is 0 Å². The molecule has 0 bridgehead atoms. The normalized spacial score (nSPS) is 19.4. The van der Waals surface area contributed by atoms with E-state index in [2.05, 4.69) is 32.9 Å². The van der Waals surface area contributed by atoms with E-state index in [0.29, 0.717) is 5.92 Å². The van der Waals surface area contributed by atoms with Crippen LogP contribution < -0.4 is 0 Å². The van der Waals surface area contributed by atoms with Crippen molar-refractivity contribution < 1.29 is 0 Å². The zero-order valence-corrected chi connectivity index (χ0v) is 8.36. The highest BCUT2D eigenvalue weighted by Crippen LogP contribution is 2.31. The molecule has 0 saturated heterocycles. The molecule has 3 nitrogen and oxygen atoms in total. The lowest BCUT2D eigenvalue weighted by Crippen LogP contribution is -1.95. The summed E-state index contributed by atoms with van der Waals surface area (Å²) in [4.78, 5) is 4.24. The Morgan fingerprint density at radius 3 is 2.73 bits per heavy atom. The highest BCUT2D eigenvalue weighted by molar-refractivity contribution is 14.1. The molecule has 1 aliphatic rings. The molecule has 0 atom stereocenters. The number of rotatable bonds is 1. The first-order chi connectivity index (χ1) is 5.36. The molecule has 1 fully saturated rings. The molecule has 0 aliphatic heterocycles. The molecule has 60 valence electrons. The summed E-state index contributed by atoms with van der Waals surface area (Å²) in [7, 11) is 0. The van der Waals surface area contributed by atoms with Crippen LogP contribution in [0.4, 0.5) is 0 Å². The standard InChI is InChI=1S/C7H10IN3/c8-11-5-9-7(10-11)6-3-1-2-4-6/h5-6H,1-4H2. The molecular formula is C7H10IN3. The van der Waals surface area contributed by atoms with Crippen LogP contribution in [-0.4, -0.2) is 13.0 Å². The fourth-order valence-corrected chi connectivity index (χ4v) is 1.97. The van der Waals surface area contributed by atoms with E-state index in [-0.39, 0.29) is 0 Å². The van der Waals surface area contributed by atoms with Crippen LogP contribution in [0.15, 0.2) is 6.33 Å². The van der Waals surface area contributed by atoms with Gasteiger partial charge in [-0.3, -0.25) is 0 Å². The maximum Gasteiger partial charge on any atom is 0.154 e. The lowest BCUT2D eigenvalue weighted by Gasteiger charge is -2.00. The maximum absolute atomic E-state index is 4.28. The van der Waals surface area contributed by atoms with E-state index in [1.165, 1.54) is 25.7 Å². The van der Waals surface area contributed by atoms with E-state index in [1.54, 1.807) is 9.22 Å². The van der Waals surface area contributed by atoms with Gasteiger partial charge in [0, 0.05) is 5.92 Å². The zero-order valence-electron chi connectivity index (χ0n) is 6.20. The van der Waals surface area contributed by atoms with Gasteiger partial charge in [0.05, 0.1) is 22.9 Å². The van der Waals surface area contributed by atoms with Gasteiger partial charge >= 0.3 is 0 Å². The first-order valence-electron chi connectivity index (χ1n) is 3.94. The largest absolute Gasteiger partial charge is 0.219 e. The van der Waals surface area contributed by atoms with Crippen molar-refractivity contribution in [2.45, 2.75) is 31.6 Å². The van der Waals surface area contributed by atoms with E-state index in [0.717, 1.165) is 5.82 Å². The third kappa shape index (κ3) is 1.55. The van der Waals surface area contributed by atoms with E-state index in [4.69, 9.17) is 0 Å². The van der Waals surface area contributed by atoms with Crippen molar-refractivity contribution >= 4 is 22.9 Å². The monoisotopic (exact) mass is 263 g/mol. The Bertz CT molecular complexity index is 240. The molecule has 1 aliphatic carbocycles. The lowest BCUT2D eigenvalue weighted by molar-refractivity contribution is 0.670. The average Bonchev–Trinajstić information content (AvgIpc) is 2.55. The minimum atomic E-state index is 0.644. The van der Waals surface area contributed by atoms with Crippen molar-refractivity contribution in [3.63, 3.8) is 0 Å². The Balaban J connectivity index is 2.15. The van der Waals surface area contributed by atoms with Crippen molar-refractivity contribution in [2.24, 2.45) is 0 Å². The van der Waals surface area contributed by atoms with Crippen molar-refractivity contribution in [1.29, 1.82) is 0 Å². The molecule has 0 amide bonds. The molecule has 4 heteroatoms. The highest BCUT2D eigenvalue weighted by Gasteiger charge is 2.20. The van der Waals surface area contributed by atoms with Gasteiger partial charge in [0.15, 0.2) is 5.82 Å². The summed E-state index contributed by atoms with van der Waals surface area (Å²) in [5, 5.41) is 4.28. The molecule has 1 heterocycles. The van der Waals surface area contributed by atoms with Crippen LogP contribution in [0.5, 0.6) is 0 Å². The summed E-state index contributed by atoms with van der Waals surface area (Å²) in [5.41, 5.74) is 0. The van der Waals surface area contributed by atoms with Crippen LogP contribution in [0.2, 0.25) is 0 Å². The second kappa shape index (κ2) is 3.08. The van der Waals surface area contributed by atoms with Gasteiger partial charge in [-0.1, -0.05) is 12.8 Å². The summed E-state index contributed by atoms with van der Waals surface area (Å²) in [5.74, 6) is 1.68. The molecule has 1 saturated carbocycles. The molecular weight excluding hydrogens is 253 g/mol. The van der Waals surface area contributed by atoms with Crippen LogP contribution in [0.3, 0.4) is 0 Å². The second-order valence-corrected chi connectivity index (χ2v) is 3.96. The smallest absolute Gasteiger partial charge is 0.154 e. The van der Waals surface area contributed by atoms with Gasteiger partial charge in [-0.25, -0.2) is 4.98 Å². The van der Waals surface area contributed by atoms with Gasteiger partial charge in [-0.05, 0) is 12.8 Å². The summed E-state index contributed by atoms with van der Waals surface area (Å²) >= 11 is 2.13. The van der Waals surface area contributed by atoms with E-state index >= 15 is 0 Å². The molecule has 11 heavy (non-hydrogen) atoms. The second-order valence-electron chi connectivity index (χ2n) is 2.97. The molecule has 0 aromatic carbocycles. The van der Waals surface area contributed by atoms with Crippen LogP contribution in [0.25, 0.3) is 0 Å². The minimum absolute atomic E-state index is 0.644. The predicted octanol–water partition coefficient (Wildman–Crippen LogP) is 2.13. The fraction of sp³-hybridized carbons (Fsp3) is 0.714. The molecule has 0 unspecified atom stereocenters. The van der Waals surface area contributed by atoms with Gasteiger partial charge < -0.3 is 0 Å². The number of hydrogen-bond acceptors (Lipinski definition) is 2. The Kier molecular flexibility index (Phi) is 2.11. The van der Waals surface area contributed by atoms with Gasteiger partial charge in [0.25, 0.3) is 0 Å². The zero-order chi connectivity index (χ0) is 7.68. The molecule has 0 radical (unpaired) electrons. The minimum Gasteiger partial charge on any atom is -0.219 e. The summed E-state index contributed by atoms with van der Waals surface area (Å²) in [6.07, 6.45) is 7.02. The first-order valence-corrected chi connectivity index (χ1v) is 4.90. The van der Waals surface area contributed by atoms with Crippen LogP contribution in [0.1, 0.15) is 37.4 Å². The van der Waals surface area contributed by atoms with Gasteiger partial charge in [-0.15, -0.1) is 5.10 Å². The van der Waals surface area contributed by atoms with E-state index in [1.807, 2.05) is 0 Å². The molecule has 1 aromatic rings. The molecule has 1 aromatic heterocycles. The van der Waals surface area contributed by atoms with Gasteiger partial charge in [-0.2, -0.15) is 2.90 Å². The predicted molar refractivity (Wildman–Crippen MR) is 50.6 cm³/mol. The molecule has 0 spiro atoms. The Labute approximate surface area is 79.7 Å². The Morgan fingerprint density at radius 2 is 2.18 bits per heavy atom. The molecule has 2 rings (SSSR count). The summed E-state index contributed by atoms with van der Waals surface area (Å²) < 4.78 is 1.76. The van der Waals surface area contributed by atoms with Gasteiger partial charge in [0.1, 0.15) is 6.33 Å². The Morgan fingerprint density at radius 1 is 1.45 bits per heavy atom. The number of hydrogen-bond donors (Lipinski definition) is 0. The van der Waals surface area contributed by atoms with Crippen molar-refractivity contribution in [2.75, 3.05) is 0 Å². The van der Waals surface area contributed by atoms with Gasteiger partial charge in [0.2, 0.25) is 0 Å². The van der Waals surface area contributed by atoms with E-state index in [9.17, 15) is 0 Å². The molecule has 0 N–H and O–H groups in total. The maximum atomic E-state index is 4.28. The summed E-state index contributed by atoms with van der Waals surface area (Å²) in [6, 6.07) is 0. The van der Waals surface area contributed by atoms with Crippen LogP contribution in [-0.2, 0) is 0 Å². The number of aromatic nitrogens is 3. The summed E-state index contributed by atoms with van der Waals surface area (Å²) in [6.45, 7) is 0. The van der Waals surface area contributed by atoms with E-state index < -0.39 is 0 Å². The number of halogens is 1. The lowest BCUT2D eigenvalue weighted by atomic mass is 10.1. The fourth-order valence-electron chi connectivity index (χ4n) is 1.63. The third-order valence-corrected chi connectivity index (χ3v) is 2.67. The number of nitrogens with zero attached hydrogens (tertiary/aromatic N) is 3. The van der Waals surface area contributed by atoms with Crippen molar-refractivity contribution in [3.05, 3.63) is 12.2 Å². The average molecular weight is 263 g/mol. The van der Waals surface area contributed by atoms with Crippen LogP contribution >= 0.6 is 22.9 Å². The topological polar surface area (TPSA) is 30.7 Å². The third-order valence-electron chi connectivity index (χ3n) is 2.20. The highest BCUT2D eigenvalue weighted by atomic mass is 127. The quantitative estimate of drug-likeness (QED) is 0.727. The Hall–Kier alpha value is -0.130. The van der Waals surface area contributed by atoms with Crippen molar-refractivity contribution in [1.82, 2.24) is 13.0 Å². The van der Waals surface area contributed by atoms with Crippen LogP contribution in [0, 0.1) is 0 Å². The SMILES string of the molecule is In1cnc(C2CCCC2)n1. The first kappa shape index (κ1) is 7.52.